The Balaban J connectivity index is 1.30. The van der Waals surface area contributed by atoms with Crippen LogP contribution in [0.2, 0.25) is 0 Å². The fourth-order valence-corrected chi connectivity index (χ4v) is 6.46. The first-order valence-corrected chi connectivity index (χ1v) is 16.0. The van der Waals surface area contributed by atoms with Gasteiger partial charge in [0.1, 0.15) is 11.9 Å². The van der Waals surface area contributed by atoms with Crippen molar-refractivity contribution in [3.63, 3.8) is 0 Å². The number of furan rings is 1. The Morgan fingerprint density at radius 3 is 2.22 bits per heavy atom. The highest BCUT2D eigenvalue weighted by atomic mass is 16.3. The molecule has 6 heteroatoms. The number of hydrogen-bond donors (Lipinski definition) is 0. The third-order valence-electron chi connectivity index (χ3n) is 9.11. The molecule has 0 aliphatic carbocycles. The lowest BCUT2D eigenvalue weighted by molar-refractivity contribution is 0.617. The van der Waals surface area contributed by atoms with Crippen molar-refractivity contribution in [2.45, 2.75) is 65.7 Å². The Morgan fingerprint density at radius 2 is 1.46 bits per heavy atom. The minimum atomic E-state index is -0.393. The van der Waals surface area contributed by atoms with E-state index in [0.717, 1.165) is 61.6 Å². The first kappa shape index (κ1) is 29.6. The lowest BCUT2D eigenvalue weighted by Crippen LogP contribution is -2.21. The number of para-hydroxylation sites is 2. The Kier molecular flexibility index (Phi) is 7.31. The highest BCUT2D eigenvalue weighted by Crippen LogP contribution is 2.38. The summed E-state index contributed by atoms with van der Waals surface area (Å²) in [5.74, 6) is 1.52. The summed E-state index contributed by atoms with van der Waals surface area (Å²) < 4.78 is 8.34. The number of aryl methyl sites for hydroxylation is 1. The van der Waals surface area contributed by atoms with Crippen LogP contribution in [0.25, 0.3) is 50.4 Å². The van der Waals surface area contributed by atoms with Gasteiger partial charge in [-0.15, -0.1) is 0 Å². The van der Waals surface area contributed by atoms with Crippen molar-refractivity contribution >= 4 is 22.1 Å². The van der Waals surface area contributed by atoms with Gasteiger partial charge in [0.2, 0.25) is 5.71 Å². The van der Waals surface area contributed by atoms with E-state index in [1.807, 2.05) is 17.7 Å². The molecule has 230 valence electrons. The van der Waals surface area contributed by atoms with E-state index < -0.39 is 5.41 Å². The van der Waals surface area contributed by atoms with Gasteiger partial charge in [0.05, 0.1) is 17.1 Å². The van der Waals surface area contributed by atoms with Crippen molar-refractivity contribution < 1.29 is 4.42 Å². The van der Waals surface area contributed by atoms with Crippen LogP contribution in [0, 0.1) is 6.92 Å². The second kappa shape index (κ2) is 11.4. The Bertz CT molecular complexity index is 2190. The quantitative estimate of drug-likeness (QED) is 0.181. The van der Waals surface area contributed by atoms with Gasteiger partial charge in [-0.05, 0) is 71.8 Å². The van der Waals surface area contributed by atoms with Gasteiger partial charge >= 0.3 is 0 Å². The van der Waals surface area contributed by atoms with Crippen molar-refractivity contribution in [2.24, 2.45) is 0 Å². The van der Waals surface area contributed by atoms with Crippen LogP contribution in [0.1, 0.15) is 81.5 Å². The van der Waals surface area contributed by atoms with Crippen LogP contribution in [0.5, 0.6) is 0 Å². The zero-order valence-corrected chi connectivity index (χ0v) is 27.5. The standard InChI is InChI=1S/C40H39N5O/c1-24(2)29-14-9-15-30(25(3)4)36(29)45-38(41-23-42-45)27-12-8-13-28(22-27)40(6,7)35-19-11-18-34(44-35)33-17-10-16-31-32-21-20-26(5)43-39(32)46-37(31)33/h8-25H,1-7H3. The van der Waals surface area contributed by atoms with Crippen LogP contribution in [0.4, 0.5) is 0 Å². The van der Waals surface area contributed by atoms with E-state index in [2.05, 4.69) is 131 Å². The predicted molar refractivity (Wildman–Crippen MR) is 187 cm³/mol. The molecule has 0 saturated heterocycles. The average molecular weight is 606 g/mol. The number of rotatable bonds is 7. The predicted octanol–water partition coefficient (Wildman–Crippen LogP) is 10.2. The molecule has 7 rings (SSSR count). The summed E-state index contributed by atoms with van der Waals surface area (Å²) in [5, 5.41) is 6.83. The minimum Gasteiger partial charge on any atom is -0.437 e. The monoisotopic (exact) mass is 605 g/mol. The van der Waals surface area contributed by atoms with Crippen LogP contribution in [0.15, 0.2) is 102 Å². The molecule has 7 aromatic rings. The number of aromatic nitrogens is 5. The van der Waals surface area contributed by atoms with Gasteiger partial charge in [0.15, 0.2) is 5.82 Å². The van der Waals surface area contributed by atoms with Gasteiger partial charge < -0.3 is 4.42 Å². The largest absolute Gasteiger partial charge is 0.437 e. The Labute approximate surface area is 270 Å². The highest BCUT2D eigenvalue weighted by molar-refractivity contribution is 6.08. The molecule has 0 bridgehead atoms. The maximum atomic E-state index is 6.31. The summed E-state index contributed by atoms with van der Waals surface area (Å²) in [6.07, 6.45) is 1.66. The lowest BCUT2D eigenvalue weighted by atomic mass is 9.80. The van der Waals surface area contributed by atoms with Crippen molar-refractivity contribution in [3.05, 3.63) is 125 Å². The molecule has 0 N–H and O–H groups in total. The van der Waals surface area contributed by atoms with E-state index in [0.29, 0.717) is 17.5 Å². The first-order valence-electron chi connectivity index (χ1n) is 16.0. The molecular formula is C40H39N5O. The molecular weight excluding hydrogens is 566 g/mol. The molecule has 0 radical (unpaired) electrons. The SMILES string of the molecule is Cc1ccc2c(n1)oc1c(-c3cccc(C(C)(C)c4cccc(-c5ncnn5-c5c(C(C)C)cccc5C(C)C)c4)n3)cccc12. The summed E-state index contributed by atoms with van der Waals surface area (Å²) in [6, 6.07) is 31.8. The second-order valence-corrected chi connectivity index (χ2v) is 13.3. The van der Waals surface area contributed by atoms with Crippen molar-refractivity contribution in [1.82, 2.24) is 24.7 Å². The fourth-order valence-electron chi connectivity index (χ4n) is 6.46. The van der Waals surface area contributed by atoms with E-state index in [-0.39, 0.29) is 0 Å². The maximum absolute atomic E-state index is 6.31. The molecule has 4 aromatic heterocycles. The summed E-state index contributed by atoms with van der Waals surface area (Å²) in [5.41, 5.74) is 10.6. The molecule has 0 spiro atoms. The average Bonchev–Trinajstić information content (AvgIpc) is 3.69. The smallest absolute Gasteiger partial charge is 0.227 e. The molecule has 0 aliphatic rings. The van der Waals surface area contributed by atoms with Gasteiger partial charge in [-0.1, -0.05) is 96.1 Å². The van der Waals surface area contributed by atoms with Crippen molar-refractivity contribution in [3.8, 4) is 28.3 Å². The number of fused-ring (bicyclic) bond motifs is 3. The van der Waals surface area contributed by atoms with Crippen molar-refractivity contribution in [2.75, 3.05) is 0 Å². The van der Waals surface area contributed by atoms with E-state index >= 15 is 0 Å². The van der Waals surface area contributed by atoms with Gasteiger partial charge in [-0.2, -0.15) is 5.10 Å². The van der Waals surface area contributed by atoms with Gasteiger partial charge in [0, 0.05) is 33.0 Å². The molecule has 6 nitrogen and oxygen atoms in total. The van der Waals surface area contributed by atoms with Gasteiger partial charge in [-0.3, -0.25) is 4.98 Å². The molecule has 46 heavy (non-hydrogen) atoms. The van der Waals surface area contributed by atoms with Gasteiger partial charge in [0.25, 0.3) is 0 Å². The molecule has 0 fully saturated rings. The zero-order valence-electron chi connectivity index (χ0n) is 27.5. The highest BCUT2D eigenvalue weighted by Gasteiger charge is 2.27. The van der Waals surface area contributed by atoms with Crippen LogP contribution in [-0.4, -0.2) is 24.7 Å². The minimum absolute atomic E-state index is 0.347. The molecule has 4 heterocycles. The summed E-state index contributed by atoms with van der Waals surface area (Å²) in [7, 11) is 0. The second-order valence-electron chi connectivity index (χ2n) is 13.3. The topological polar surface area (TPSA) is 69.6 Å². The molecule has 0 unspecified atom stereocenters. The van der Waals surface area contributed by atoms with E-state index in [1.54, 1.807) is 6.33 Å². The number of benzene rings is 3. The number of hydrogen-bond acceptors (Lipinski definition) is 5. The molecule has 0 amide bonds. The summed E-state index contributed by atoms with van der Waals surface area (Å²) >= 11 is 0. The van der Waals surface area contributed by atoms with Crippen molar-refractivity contribution in [1.29, 1.82) is 0 Å². The van der Waals surface area contributed by atoms with E-state index in [9.17, 15) is 0 Å². The third kappa shape index (κ3) is 4.98. The summed E-state index contributed by atoms with van der Waals surface area (Å²) in [4.78, 5) is 14.6. The fraction of sp³-hybridized carbons (Fsp3) is 0.250. The zero-order chi connectivity index (χ0) is 32.2. The van der Waals surface area contributed by atoms with Crippen LogP contribution in [0.3, 0.4) is 0 Å². The maximum Gasteiger partial charge on any atom is 0.227 e. The van der Waals surface area contributed by atoms with Crippen LogP contribution in [-0.2, 0) is 5.41 Å². The normalized spacial score (nSPS) is 12.2. The van der Waals surface area contributed by atoms with Crippen LogP contribution >= 0.6 is 0 Å². The van der Waals surface area contributed by atoms with Crippen LogP contribution < -0.4 is 0 Å². The molecule has 3 aromatic carbocycles. The molecule has 0 atom stereocenters. The molecule has 0 aliphatic heterocycles. The Hall–Kier alpha value is -5.10. The van der Waals surface area contributed by atoms with Gasteiger partial charge in [-0.25, -0.2) is 14.6 Å². The number of nitrogens with zero attached hydrogens (tertiary/aromatic N) is 5. The number of pyridine rings is 2. The van der Waals surface area contributed by atoms with E-state index in [1.165, 1.54) is 11.1 Å². The Morgan fingerprint density at radius 1 is 0.739 bits per heavy atom. The molecule has 0 saturated carbocycles. The summed E-state index contributed by atoms with van der Waals surface area (Å²) in [6.45, 7) is 15.4. The first-order chi connectivity index (χ1) is 22.1. The third-order valence-corrected chi connectivity index (χ3v) is 9.11. The lowest BCUT2D eigenvalue weighted by Gasteiger charge is -2.26. The van der Waals surface area contributed by atoms with E-state index in [4.69, 9.17) is 19.5 Å².